The standard InChI is InChI=1S/C17H15N5O3/c18-6-11-15(24)12(7-23)25-17(11)22-9-21-14-13(19-8-20-16(14)22)10-4-2-1-3-5-10/h1-5,8-9,11-12,15,17,23-24H,7H2/t11-,12+,15-,17+/m0/s1. The number of ether oxygens (including phenoxy) is 1. The summed E-state index contributed by atoms with van der Waals surface area (Å²) in [6.07, 6.45) is 0.281. The minimum absolute atomic E-state index is 0.368. The second kappa shape index (κ2) is 6.22. The fraction of sp³-hybridized carbons (Fsp3) is 0.294. The van der Waals surface area contributed by atoms with E-state index in [1.807, 2.05) is 36.4 Å². The van der Waals surface area contributed by atoms with Crippen molar-refractivity contribution in [1.82, 2.24) is 19.5 Å². The van der Waals surface area contributed by atoms with Crippen molar-refractivity contribution in [1.29, 1.82) is 5.26 Å². The zero-order chi connectivity index (χ0) is 17.4. The maximum atomic E-state index is 10.1. The summed E-state index contributed by atoms with van der Waals surface area (Å²) in [6.45, 7) is -0.368. The SMILES string of the molecule is N#C[C@H]1[C@H](O)[C@@H](CO)O[C@H]1n1cnc2c(-c3ccccc3)ncnc21. The zero-order valence-electron chi connectivity index (χ0n) is 13.1. The predicted molar refractivity (Wildman–Crippen MR) is 86.9 cm³/mol. The van der Waals surface area contributed by atoms with Crippen LogP contribution in [0.1, 0.15) is 6.23 Å². The molecule has 1 saturated heterocycles. The van der Waals surface area contributed by atoms with Crippen molar-refractivity contribution in [3.63, 3.8) is 0 Å². The zero-order valence-corrected chi connectivity index (χ0v) is 13.1. The quantitative estimate of drug-likeness (QED) is 0.728. The number of hydrogen-bond acceptors (Lipinski definition) is 7. The fourth-order valence-corrected chi connectivity index (χ4v) is 3.12. The van der Waals surface area contributed by atoms with E-state index in [2.05, 4.69) is 15.0 Å². The molecule has 0 spiro atoms. The van der Waals surface area contributed by atoms with Gasteiger partial charge in [-0.15, -0.1) is 0 Å². The number of nitriles is 1. The number of hydrogen-bond donors (Lipinski definition) is 2. The molecule has 2 aromatic heterocycles. The number of benzene rings is 1. The van der Waals surface area contributed by atoms with E-state index in [9.17, 15) is 15.5 Å². The molecular weight excluding hydrogens is 322 g/mol. The first-order valence-electron chi connectivity index (χ1n) is 7.81. The molecule has 0 saturated carbocycles. The average molecular weight is 337 g/mol. The molecule has 1 fully saturated rings. The number of aliphatic hydroxyl groups excluding tert-OH is 2. The molecule has 0 amide bonds. The number of aliphatic hydroxyl groups is 2. The third-order valence-corrected chi connectivity index (χ3v) is 4.38. The number of nitrogens with zero attached hydrogens (tertiary/aromatic N) is 5. The Morgan fingerprint density at radius 2 is 2.00 bits per heavy atom. The van der Waals surface area contributed by atoms with Gasteiger partial charge in [0.2, 0.25) is 0 Å². The van der Waals surface area contributed by atoms with Gasteiger partial charge in [-0.1, -0.05) is 30.3 Å². The van der Waals surface area contributed by atoms with Crippen LogP contribution in [0, 0.1) is 17.2 Å². The largest absolute Gasteiger partial charge is 0.394 e. The first kappa shape index (κ1) is 15.7. The van der Waals surface area contributed by atoms with E-state index in [1.165, 1.54) is 12.7 Å². The van der Waals surface area contributed by atoms with Crippen molar-refractivity contribution in [2.24, 2.45) is 5.92 Å². The van der Waals surface area contributed by atoms with E-state index < -0.39 is 24.4 Å². The Bertz CT molecular complexity index is 936. The van der Waals surface area contributed by atoms with Gasteiger partial charge in [0.05, 0.1) is 19.0 Å². The van der Waals surface area contributed by atoms with Crippen molar-refractivity contribution < 1.29 is 14.9 Å². The molecule has 1 aliphatic rings. The monoisotopic (exact) mass is 337 g/mol. The lowest BCUT2D eigenvalue weighted by Crippen LogP contribution is -2.28. The molecule has 3 heterocycles. The van der Waals surface area contributed by atoms with E-state index in [0.717, 1.165) is 5.56 Å². The van der Waals surface area contributed by atoms with E-state index in [0.29, 0.717) is 16.9 Å². The molecule has 8 nitrogen and oxygen atoms in total. The average Bonchev–Trinajstić information content (AvgIpc) is 3.22. The highest BCUT2D eigenvalue weighted by molar-refractivity contribution is 5.87. The molecule has 25 heavy (non-hydrogen) atoms. The highest BCUT2D eigenvalue weighted by Crippen LogP contribution is 2.36. The molecule has 4 atom stereocenters. The van der Waals surface area contributed by atoms with Crippen LogP contribution in [0.25, 0.3) is 22.4 Å². The van der Waals surface area contributed by atoms with Gasteiger partial charge < -0.3 is 14.9 Å². The lowest BCUT2D eigenvalue weighted by Gasteiger charge is -2.15. The molecule has 0 aliphatic carbocycles. The molecule has 1 aromatic carbocycles. The maximum absolute atomic E-state index is 10.1. The second-order valence-electron chi connectivity index (χ2n) is 5.81. The maximum Gasteiger partial charge on any atom is 0.166 e. The van der Waals surface area contributed by atoms with Crippen molar-refractivity contribution in [3.05, 3.63) is 43.0 Å². The minimum atomic E-state index is -1.08. The molecule has 2 N–H and O–H groups in total. The number of imidazole rings is 1. The topological polar surface area (TPSA) is 117 Å². The third kappa shape index (κ3) is 2.46. The molecule has 126 valence electrons. The van der Waals surface area contributed by atoms with Gasteiger partial charge in [0.15, 0.2) is 11.9 Å². The van der Waals surface area contributed by atoms with Gasteiger partial charge in [-0.2, -0.15) is 5.26 Å². The van der Waals surface area contributed by atoms with Gasteiger partial charge in [0.25, 0.3) is 0 Å². The molecule has 0 unspecified atom stereocenters. The van der Waals surface area contributed by atoms with Gasteiger partial charge in [0.1, 0.15) is 35.7 Å². The molecule has 0 bridgehead atoms. The number of rotatable bonds is 3. The van der Waals surface area contributed by atoms with Crippen molar-refractivity contribution in [3.8, 4) is 17.3 Å². The van der Waals surface area contributed by atoms with Gasteiger partial charge >= 0.3 is 0 Å². The second-order valence-corrected chi connectivity index (χ2v) is 5.81. The number of fused-ring (bicyclic) bond motifs is 1. The Hall–Kier alpha value is -2.86. The van der Waals surface area contributed by atoms with Crippen LogP contribution in [-0.2, 0) is 4.74 Å². The van der Waals surface area contributed by atoms with E-state index >= 15 is 0 Å². The summed E-state index contributed by atoms with van der Waals surface area (Å²) in [5, 5.41) is 28.9. The van der Waals surface area contributed by atoms with Crippen molar-refractivity contribution in [2.75, 3.05) is 6.61 Å². The number of aromatic nitrogens is 4. The molecule has 1 aliphatic heterocycles. The van der Waals surface area contributed by atoms with E-state index in [1.54, 1.807) is 4.57 Å². The third-order valence-electron chi connectivity index (χ3n) is 4.38. The summed E-state index contributed by atoms with van der Waals surface area (Å²) in [5.41, 5.74) is 2.66. The summed E-state index contributed by atoms with van der Waals surface area (Å²) in [4.78, 5) is 13.0. The summed E-state index contributed by atoms with van der Waals surface area (Å²) < 4.78 is 7.27. The van der Waals surface area contributed by atoms with Crippen LogP contribution in [0.2, 0.25) is 0 Å². The van der Waals surface area contributed by atoms with Crippen LogP contribution in [-0.4, -0.2) is 48.5 Å². The van der Waals surface area contributed by atoms with Crippen LogP contribution in [0.3, 0.4) is 0 Å². The minimum Gasteiger partial charge on any atom is -0.394 e. The van der Waals surface area contributed by atoms with Gasteiger partial charge in [-0.05, 0) is 0 Å². The molecule has 8 heteroatoms. The normalized spacial score (nSPS) is 26.0. The van der Waals surface area contributed by atoms with Crippen LogP contribution in [0.4, 0.5) is 0 Å². The van der Waals surface area contributed by atoms with E-state index in [-0.39, 0.29) is 6.61 Å². The van der Waals surface area contributed by atoms with Crippen LogP contribution < -0.4 is 0 Å². The Morgan fingerprint density at radius 1 is 1.20 bits per heavy atom. The highest BCUT2D eigenvalue weighted by Gasteiger charge is 2.45. The lowest BCUT2D eigenvalue weighted by atomic mass is 10.0. The van der Waals surface area contributed by atoms with Gasteiger partial charge in [0, 0.05) is 5.56 Å². The molecule has 4 rings (SSSR count). The highest BCUT2D eigenvalue weighted by atomic mass is 16.5. The first-order valence-corrected chi connectivity index (χ1v) is 7.81. The first-order chi connectivity index (χ1) is 12.2. The van der Waals surface area contributed by atoms with Crippen LogP contribution in [0.15, 0.2) is 43.0 Å². The Kier molecular flexibility index (Phi) is 3.89. The molecule has 3 aromatic rings. The van der Waals surface area contributed by atoms with Crippen molar-refractivity contribution in [2.45, 2.75) is 18.4 Å². The predicted octanol–water partition coefficient (Wildman–Crippen LogP) is 0.884. The fourth-order valence-electron chi connectivity index (χ4n) is 3.12. The Labute approximate surface area is 143 Å². The van der Waals surface area contributed by atoms with Crippen LogP contribution in [0.5, 0.6) is 0 Å². The van der Waals surface area contributed by atoms with Crippen molar-refractivity contribution >= 4 is 11.2 Å². The summed E-state index contributed by atoms with van der Waals surface area (Å²) in [7, 11) is 0. The lowest BCUT2D eigenvalue weighted by molar-refractivity contribution is -0.0441. The Morgan fingerprint density at radius 3 is 2.72 bits per heavy atom. The van der Waals surface area contributed by atoms with Gasteiger partial charge in [-0.25, -0.2) is 15.0 Å². The van der Waals surface area contributed by atoms with Crippen LogP contribution >= 0.6 is 0 Å². The summed E-state index contributed by atoms with van der Waals surface area (Å²) in [6, 6.07) is 11.6. The summed E-state index contributed by atoms with van der Waals surface area (Å²) >= 11 is 0. The smallest absolute Gasteiger partial charge is 0.166 e. The van der Waals surface area contributed by atoms with Gasteiger partial charge in [-0.3, -0.25) is 4.57 Å². The molecular formula is C17H15N5O3. The Balaban J connectivity index is 1.82. The summed E-state index contributed by atoms with van der Waals surface area (Å²) in [5.74, 6) is -0.829. The van der Waals surface area contributed by atoms with E-state index in [4.69, 9.17) is 4.74 Å². The molecule has 0 radical (unpaired) electrons.